The molecular weight excluding hydrogens is 184 g/mol. The van der Waals surface area contributed by atoms with E-state index in [2.05, 4.69) is 41.4 Å². The molecule has 0 bridgehead atoms. The van der Waals surface area contributed by atoms with Gasteiger partial charge in [-0.05, 0) is 32.0 Å². The van der Waals surface area contributed by atoms with Crippen molar-refractivity contribution in [3.63, 3.8) is 0 Å². The summed E-state index contributed by atoms with van der Waals surface area (Å²) in [6, 6.07) is 8.88. The van der Waals surface area contributed by atoms with E-state index in [1.807, 2.05) is 0 Å². The van der Waals surface area contributed by atoms with Crippen LogP contribution in [0.2, 0.25) is 0 Å². The number of aryl methyl sites for hydroxylation is 1. The lowest BCUT2D eigenvalue weighted by atomic mass is 9.79. The van der Waals surface area contributed by atoms with Gasteiger partial charge in [0.1, 0.15) is 0 Å². The number of hydrogen-bond donors (Lipinski definition) is 1. The van der Waals surface area contributed by atoms with Gasteiger partial charge < -0.3 is 10.2 Å². The van der Waals surface area contributed by atoms with Gasteiger partial charge in [-0.1, -0.05) is 17.7 Å². The van der Waals surface area contributed by atoms with E-state index >= 15 is 0 Å². The molecule has 1 N–H and O–H groups in total. The highest BCUT2D eigenvalue weighted by atomic mass is 15.2. The molecule has 0 aromatic heterocycles. The zero-order chi connectivity index (χ0) is 10.3. The Morgan fingerprint density at radius 1 is 1.20 bits per heavy atom. The first kappa shape index (κ1) is 9.22. The van der Waals surface area contributed by atoms with E-state index in [1.165, 1.54) is 43.9 Å². The van der Waals surface area contributed by atoms with Crippen LogP contribution < -0.4 is 10.2 Å². The average molecular weight is 202 g/mol. The molecular formula is C13H18N2. The Morgan fingerprint density at radius 2 is 1.93 bits per heavy atom. The molecule has 2 saturated heterocycles. The number of nitrogens with one attached hydrogen (secondary N) is 1. The molecule has 15 heavy (non-hydrogen) atoms. The van der Waals surface area contributed by atoms with Gasteiger partial charge in [0.15, 0.2) is 0 Å². The van der Waals surface area contributed by atoms with Crippen LogP contribution in [0, 0.1) is 12.3 Å². The maximum atomic E-state index is 3.47. The van der Waals surface area contributed by atoms with Crippen LogP contribution in [0.25, 0.3) is 0 Å². The maximum absolute atomic E-state index is 3.47. The molecule has 1 aromatic carbocycles. The van der Waals surface area contributed by atoms with Gasteiger partial charge in [-0.2, -0.15) is 0 Å². The van der Waals surface area contributed by atoms with Gasteiger partial charge in [0.25, 0.3) is 0 Å². The molecule has 2 heterocycles. The lowest BCUT2D eigenvalue weighted by Gasteiger charge is -2.49. The van der Waals surface area contributed by atoms with Crippen molar-refractivity contribution in [3.8, 4) is 0 Å². The summed E-state index contributed by atoms with van der Waals surface area (Å²) in [6.07, 6.45) is 1.36. The Hall–Kier alpha value is -1.02. The standard InChI is InChI=1S/C13H18N2/c1-11-2-4-12(5-3-11)15-9-13(10-15)6-7-14-8-13/h2-5,14H,6-10H2,1H3. The first-order chi connectivity index (χ1) is 7.27. The highest BCUT2D eigenvalue weighted by Crippen LogP contribution is 2.38. The first-order valence-electron chi connectivity index (χ1n) is 5.80. The Bertz CT molecular complexity index is 341. The van der Waals surface area contributed by atoms with E-state index in [1.54, 1.807) is 0 Å². The highest BCUT2D eigenvalue weighted by molar-refractivity contribution is 5.51. The van der Waals surface area contributed by atoms with Crippen molar-refractivity contribution in [1.29, 1.82) is 0 Å². The number of anilines is 1. The van der Waals surface area contributed by atoms with Crippen molar-refractivity contribution in [3.05, 3.63) is 29.8 Å². The van der Waals surface area contributed by atoms with E-state index in [9.17, 15) is 0 Å². The molecule has 2 nitrogen and oxygen atoms in total. The first-order valence-corrected chi connectivity index (χ1v) is 5.80. The Balaban J connectivity index is 1.69. The SMILES string of the molecule is Cc1ccc(N2CC3(CCNC3)C2)cc1. The molecule has 3 rings (SSSR count). The molecule has 0 saturated carbocycles. The molecule has 0 atom stereocenters. The second-order valence-electron chi connectivity index (χ2n) is 5.12. The molecule has 0 amide bonds. The van der Waals surface area contributed by atoms with Crippen LogP contribution in [0.5, 0.6) is 0 Å². The third-order valence-corrected chi connectivity index (χ3v) is 3.78. The summed E-state index contributed by atoms with van der Waals surface area (Å²) in [5.41, 5.74) is 3.33. The molecule has 80 valence electrons. The van der Waals surface area contributed by atoms with Gasteiger partial charge in [-0.3, -0.25) is 0 Å². The van der Waals surface area contributed by atoms with E-state index in [0.29, 0.717) is 5.41 Å². The van der Waals surface area contributed by atoms with E-state index in [-0.39, 0.29) is 0 Å². The van der Waals surface area contributed by atoms with Gasteiger partial charge in [0.05, 0.1) is 0 Å². The molecule has 1 aromatic rings. The van der Waals surface area contributed by atoms with Gasteiger partial charge in [-0.25, -0.2) is 0 Å². The van der Waals surface area contributed by atoms with Crippen LogP contribution >= 0.6 is 0 Å². The normalized spacial score (nSPS) is 23.1. The monoisotopic (exact) mass is 202 g/mol. The largest absolute Gasteiger partial charge is 0.370 e. The van der Waals surface area contributed by atoms with Gasteiger partial charge in [-0.15, -0.1) is 0 Å². The number of benzene rings is 1. The van der Waals surface area contributed by atoms with E-state index in [0.717, 1.165) is 0 Å². The van der Waals surface area contributed by atoms with Crippen LogP contribution in [0.3, 0.4) is 0 Å². The minimum atomic E-state index is 0.602. The summed E-state index contributed by atoms with van der Waals surface area (Å²) >= 11 is 0. The lowest BCUT2D eigenvalue weighted by molar-refractivity contribution is 0.243. The fraction of sp³-hybridized carbons (Fsp3) is 0.538. The van der Waals surface area contributed by atoms with Crippen molar-refractivity contribution < 1.29 is 0 Å². The number of nitrogens with zero attached hydrogens (tertiary/aromatic N) is 1. The molecule has 1 spiro atoms. The summed E-state index contributed by atoms with van der Waals surface area (Å²) in [4.78, 5) is 2.49. The summed E-state index contributed by atoms with van der Waals surface area (Å²) in [6.45, 7) is 7.05. The molecule has 2 fully saturated rings. The van der Waals surface area contributed by atoms with Gasteiger partial charge in [0.2, 0.25) is 0 Å². The summed E-state index contributed by atoms with van der Waals surface area (Å²) in [5.74, 6) is 0. The zero-order valence-corrected chi connectivity index (χ0v) is 9.29. The van der Waals surface area contributed by atoms with Crippen molar-refractivity contribution in [2.75, 3.05) is 31.1 Å². The average Bonchev–Trinajstić information content (AvgIpc) is 2.66. The van der Waals surface area contributed by atoms with E-state index < -0.39 is 0 Å². The van der Waals surface area contributed by atoms with Crippen molar-refractivity contribution >= 4 is 5.69 Å². The molecule has 2 heteroatoms. The molecule has 2 aliphatic heterocycles. The fourth-order valence-corrected chi connectivity index (χ4v) is 2.77. The second kappa shape index (κ2) is 3.24. The van der Waals surface area contributed by atoms with Gasteiger partial charge in [0, 0.05) is 30.7 Å². The maximum Gasteiger partial charge on any atom is 0.0366 e. The fourth-order valence-electron chi connectivity index (χ4n) is 2.77. The van der Waals surface area contributed by atoms with Crippen LogP contribution in [0.15, 0.2) is 24.3 Å². The second-order valence-corrected chi connectivity index (χ2v) is 5.12. The smallest absolute Gasteiger partial charge is 0.0366 e. The highest BCUT2D eigenvalue weighted by Gasteiger charge is 2.44. The predicted octanol–water partition coefficient (Wildman–Crippen LogP) is 1.79. The van der Waals surface area contributed by atoms with Crippen LogP contribution in [-0.2, 0) is 0 Å². The molecule has 0 radical (unpaired) electrons. The minimum Gasteiger partial charge on any atom is -0.370 e. The number of rotatable bonds is 1. The van der Waals surface area contributed by atoms with Gasteiger partial charge >= 0.3 is 0 Å². The third kappa shape index (κ3) is 1.53. The third-order valence-electron chi connectivity index (χ3n) is 3.78. The Labute approximate surface area is 91.3 Å². The molecule has 2 aliphatic rings. The van der Waals surface area contributed by atoms with Crippen LogP contribution in [0.4, 0.5) is 5.69 Å². The quantitative estimate of drug-likeness (QED) is 0.747. The summed E-state index contributed by atoms with van der Waals surface area (Å²) in [7, 11) is 0. The van der Waals surface area contributed by atoms with E-state index in [4.69, 9.17) is 0 Å². The zero-order valence-electron chi connectivity index (χ0n) is 9.29. The van der Waals surface area contributed by atoms with Crippen molar-refractivity contribution in [2.24, 2.45) is 5.41 Å². The lowest BCUT2D eigenvalue weighted by Crippen LogP contribution is -2.57. The summed E-state index contributed by atoms with van der Waals surface area (Å²) < 4.78 is 0. The van der Waals surface area contributed by atoms with Crippen LogP contribution in [-0.4, -0.2) is 26.2 Å². The van der Waals surface area contributed by atoms with Crippen molar-refractivity contribution in [2.45, 2.75) is 13.3 Å². The Kier molecular flexibility index (Phi) is 1.99. The topological polar surface area (TPSA) is 15.3 Å². The predicted molar refractivity (Wildman–Crippen MR) is 63.3 cm³/mol. The molecule has 0 aliphatic carbocycles. The van der Waals surface area contributed by atoms with Crippen LogP contribution in [0.1, 0.15) is 12.0 Å². The Morgan fingerprint density at radius 3 is 2.53 bits per heavy atom. The summed E-state index contributed by atoms with van der Waals surface area (Å²) in [5, 5.41) is 3.47. The molecule has 0 unspecified atom stereocenters. The minimum absolute atomic E-state index is 0.602. The number of hydrogen-bond acceptors (Lipinski definition) is 2. The van der Waals surface area contributed by atoms with Crippen molar-refractivity contribution in [1.82, 2.24) is 5.32 Å².